The Morgan fingerprint density at radius 2 is 1.68 bits per heavy atom. The largest absolute Gasteiger partial charge is 0.496 e. The van der Waals surface area contributed by atoms with E-state index >= 15 is 0 Å². The van der Waals surface area contributed by atoms with Gasteiger partial charge in [-0.1, -0.05) is 18.2 Å². The molecule has 0 atom stereocenters. The molecule has 1 heterocycles. The summed E-state index contributed by atoms with van der Waals surface area (Å²) >= 11 is 0. The molecule has 2 aromatic carbocycles. The highest BCUT2D eigenvalue weighted by atomic mass is 32.2. The molecule has 0 amide bonds. The highest BCUT2D eigenvalue weighted by Crippen LogP contribution is 2.27. The first kappa shape index (κ1) is 19.7. The number of aromatic nitrogens is 1. The lowest BCUT2D eigenvalue weighted by Gasteiger charge is -2.14. The minimum atomic E-state index is -3.74. The summed E-state index contributed by atoms with van der Waals surface area (Å²) in [5, 5.41) is 3.22. The molecule has 28 heavy (non-hydrogen) atoms. The van der Waals surface area contributed by atoms with E-state index in [1.165, 1.54) is 6.20 Å². The fourth-order valence-corrected chi connectivity index (χ4v) is 4.22. The molecule has 0 unspecified atom stereocenters. The number of methoxy groups -OCH3 is 1. The van der Waals surface area contributed by atoms with Gasteiger partial charge < -0.3 is 10.1 Å². The molecule has 0 spiro atoms. The quantitative estimate of drug-likeness (QED) is 0.637. The third-order valence-corrected chi connectivity index (χ3v) is 5.93. The van der Waals surface area contributed by atoms with E-state index < -0.39 is 10.0 Å². The van der Waals surface area contributed by atoms with Crippen LogP contribution in [0.2, 0.25) is 0 Å². The van der Waals surface area contributed by atoms with Crippen LogP contribution >= 0.6 is 0 Å². The van der Waals surface area contributed by atoms with Gasteiger partial charge in [0.15, 0.2) is 0 Å². The van der Waals surface area contributed by atoms with E-state index in [4.69, 9.17) is 4.74 Å². The van der Waals surface area contributed by atoms with Crippen molar-refractivity contribution in [1.82, 2.24) is 4.98 Å². The summed E-state index contributed by atoms with van der Waals surface area (Å²) in [6.07, 6.45) is 1.49. The number of ether oxygens (including phenoxy) is 1. The van der Waals surface area contributed by atoms with Gasteiger partial charge in [-0.3, -0.25) is 4.72 Å². The Morgan fingerprint density at radius 3 is 2.32 bits per heavy atom. The fraction of sp³-hybridized carbons (Fsp3) is 0.190. The number of benzene rings is 2. The molecular formula is C21H23N3O3S. The third kappa shape index (κ3) is 4.26. The van der Waals surface area contributed by atoms with Crippen LogP contribution in [0.15, 0.2) is 59.6 Å². The molecule has 0 radical (unpaired) electrons. The van der Waals surface area contributed by atoms with E-state index in [0.29, 0.717) is 22.8 Å². The van der Waals surface area contributed by atoms with Crippen LogP contribution in [0, 0.1) is 20.8 Å². The van der Waals surface area contributed by atoms with Crippen molar-refractivity contribution >= 4 is 27.2 Å². The number of sulfonamides is 1. The number of hydrogen-bond acceptors (Lipinski definition) is 5. The predicted molar refractivity (Wildman–Crippen MR) is 112 cm³/mol. The number of para-hydroxylation sites is 1. The molecule has 6 nitrogen and oxygen atoms in total. The summed E-state index contributed by atoms with van der Waals surface area (Å²) in [5.74, 6) is 1.29. The maximum atomic E-state index is 12.8. The van der Waals surface area contributed by atoms with Crippen molar-refractivity contribution in [2.45, 2.75) is 25.7 Å². The zero-order chi connectivity index (χ0) is 20.3. The van der Waals surface area contributed by atoms with Crippen LogP contribution in [0.4, 0.5) is 17.2 Å². The molecule has 0 bridgehead atoms. The summed E-state index contributed by atoms with van der Waals surface area (Å²) < 4.78 is 33.4. The molecule has 0 fully saturated rings. The van der Waals surface area contributed by atoms with Gasteiger partial charge in [0.1, 0.15) is 11.6 Å². The van der Waals surface area contributed by atoms with Crippen LogP contribution in [0.1, 0.15) is 16.7 Å². The zero-order valence-electron chi connectivity index (χ0n) is 16.3. The molecule has 0 aliphatic carbocycles. The highest BCUT2D eigenvalue weighted by molar-refractivity contribution is 7.92. The fourth-order valence-electron chi connectivity index (χ4n) is 2.86. The molecule has 0 saturated heterocycles. The SMILES string of the molecule is COc1cc(C)c(S(=O)(=O)Nc2ccc(Nc3ccccc3C)nc2)cc1C. The van der Waals surface area contributed by atoms with Gasteiger partial charge in [-0.25, -0.2) is 13.4 Å². The van der Waals surface area contributed by atoms with E-state index in [2.05, 4.69) is 15.0 Å². The maximum Gasteiger partial charge on any atom is 0.262 e. The minimum absolute atomic E-state index is 0.216. The second-order valence-corrected chi connectivity index (χ2v) is 8.22. The number of aryl methyl sites for hydroxylation is 3. The number of hydrogen-bond donors (Lipinski definition) is 2. The van der Waals surface area contributed by atoms with Crippen LogP contribution in [0.5, 0.6) is 5.75 Å². The van der Waals surface area contributed by atoms with Gasteiger partial charge in [0, 0.05) is 5.69 Å². The van der Waals surface area contributed by atoms with E-state index in [-0.39, 0.29) is 4.90 Å². The summed E-state index contributed by atoms with van der Waals surface area (Å²) in [6, 6.07) is 14.6. The molecule has 0 aliphatic rings. The Labute approximate surface area is 165 Å². The second kappa shape index (κ2) is 7.90. The lowest BCUT2D eigenvalue weighted by molar-refractivity contribution is 0.411. The van der Waals surface area contributed by atoms with Gasteiger partial charge in [0.25, 0.3) is 10.0 Å². The van der Waals surface area contributed by atoms with Crippen LogP contribution in [-0.2, 0) is 10.0 Å². The van der Waals surface area contributed by atoms with Crippen molar-refractivity contribution in [3.05, 3.63) is 71.4 Å². The van der Waals surface area contributed by atoms with E-state index in [1.54, 1.807) is 38.3 Å². The van der Waals surface area contributed by atoms with Crippen LogP contribution in [0.25, 0.3) is 0 Å². The van der Waals surface area contributed by atoms with Gasteiger partial charge in [0.05, 0.1) is 23.9 Å². The number of nitrogens with zero attached hydrogens (tertiary/aromatic N) is 1. The summed E-state index contributed by atoms with van der Waals surface area (Å²) in [5.41, 5.74) is 3.81. The van der Waals surface area contributed by atoms with Crippen molar-refractivity contribution in [3.63, 3.8) is 0 Å². The molecule has 3 aromatic rings. The number of nitrogens with one attached hydrogen (secondary N) is 2. The van der Waals surface area contributed by atoms with Gasteiger partial charge in [0.2, 0.25) is 0 Å². The number of rotatable bonds is 6. The third-order valence-electron chi connectivity index (χ3n) is 4.41. The van der Waals surface area contributed by atoms with Crippen molar-refractivity contribution < 1.29 is 13.2 Å². The molecule has 1 aromatic heterocycles. The van der Waals surface area contributed by atoms with Crippen molar-refractivity contribution in [1.29, 1.82) is 0 Å². The first-order chi connectivity index (χ1) is 13.3. The average molecular weight is 398 g/mol. The first-order valence-electron chi connectivity index (χ1n) is 8.77. The Kier molecular flexibility index (Phi) is 5.56. The maximum absolute atomic E-state index is 12.8. The molecule has 146 valence electrons. The normalized spacial score (nSPS) is 11.1. The summed E-state index contributed by atoms with van der Waals surface area (Å²) in [6.45, 7) is 5.55. The molecule has 7 heteroatoms. The summed E-state index contributed by atoms with van der Waals surface area (Å²) in [4.78, 5) is 4.52. The molecule has 2 N–H and O–H groups in total. The zero-order valence-corrected chi connectivity index (χ0v) is 17.1. The van der Waals surface area contributed by atoms with Gasteiger partial charge in [-0.15, -0.1) is 0 Å². The minimum Gasteiger partial charge on any atom is -0.496 e. The van der Waals surface area contributed by atoms with E-state index in [9.17, 15) is 8.42 Å². The Balaban J connectivity index is 1.80. The monoisotopic (exact) mass is 397 g/mol. The first-order valence-corrected chi connectivity index (χ1v) is 10.3. The molecule has 0 aliphatic heterocycles. The van der Waals surface area contributed by atoms with E-state index in [1.807, 2.05) is 38.1 Å². The van der Waals surface area contributed by atoms with Crippen LogP contribution in [-0.4, -0.2) is 20.5 Å². The molecule has 0 saturated carbocycles. The molecular weight excluding hydrogens is 374 g/mol. The highest BCUT2D eigenvalue weighted by Gasteiger charge is 2.19. The Hall–Kier alpha value is -3.06. The Bertz CT molecular complexity index is 1090. The standard InChI is InChI=1S/C21H23N3O3S/c1-14-7-5-6-8-18(14)23-21-10-9-17(13-22-21)24-28(25,26)20-12-15(2)19(27-4)11-16(20)3/h5-13,24H,1-4H3,(H,22,23). The van der Waals surface area contributed by atoms with Crippen LogP contribution < -0.4 is 14.8 Å². The smallest absolute Gasteiger partial charge is 0.262 e. The predicted octanol–water partition coefficient (Wildman–Crippen LogP) is 4.56. The average Bonchev–Trinajstić information content (AvgIpc) is 2.66. The second-order valence-electron chi connectivity index (χ2n) is 6.56. The van der Waals surface area contributed by atoms with E-state index in [0.717, 1.165) is 16.8 Å². The molecule has 3 rings (SSSR count). The van der Waals surface area contributed by atoms with Crippen LogP contribution in [0.3, 0.4) is 0 Å². The number of anilines is 3. The van der Waals surface area contributed by atoms with Crippen molar-refractivity contribution in [3.8, 4) is 5.75 Å². The summed E-state index contributed by atoms with van der Waals surface area (Å²) in [7, 11) is -2.17. The number of pyridine rings is 1. The van der Waals surface area contributed by atoms with Gasteiger partial charge in [-0.05, 0) is 67.8 Å². The van der Waals surface area contributed by atoms with Gasteiger partial charge >= 0.3 is 0 Å². The topological polar surface area (TPSA) is 80.3 Å². The van der Waals surface area contributed by atoms with Crippen molar-refractivity contribution in [2.75, 3.05) is 17.1 Å². The van der Waals surface area contributed by atoms with Gasteiger partial charge in [-0.2, -0.15) is 0 Å². The lowest BCUT2D eigenvalue weighted by Crippen LogP contribution is -2.15. The van der Waals surface area contributed by atoms with Crippen molar-refractivity contribution in [2.24, 2.45) is 0 Å². The Morgan fingerprint density at radius 1 is 0.929 bits per heavy atom. The lowest BCUT2D eigenvalue weighted by atomic mass is 10.1.